The first-order valence-corrected chi connectivity index (χ1v) is 5.24. The van der Waals surface area contributed by atoms with Gasteiger partial charge in [-0.25, -0.2) is 0 Å². The molecule has 1 N–H and O–H groups in total. The molecule has 0 fully saturated rings. The van der Waals surface area contributed by atoms with Crippen LogP contribution in [0.1, 0.15) is 38.0 Å². The van der Waals surface area contributed by atoms with E-state index in [0.717, 1.165) is 11.1 Å². The predicted molar refractivity (Wildman–Crippen MR) is 60.9 cm³/mol. The van der Waals surface area contributed by atoms with Crippen LogP contribution in [0.2, 0.25) is 0 Å². The zero-order valence-electron chi connectivity index (χ0n) is 9.07. The summed E-state index contributed by atoms with van der Waals surface area (Å²) in [7, 11) is 0. The summed E-state index contributed by atoms with van der Waals surface area (Å²) in [6.45, 7) is 6.02. The van der Waals surface area contributed by atoms with Gasteiger partial charge in [0, 0.05) is 5.92 Å². The Balaban J connectivity index is 0.000000461. The molecule has 0 saturated heterocycles. The van der Waals surface area contributed by atoms with E-state index in [2.05, 4.69) is 6.08 Å². The molecule has 2 rings (SSSR count). The van der Waals surface area contributed by atoms with Gasteiger partial charge in [-0.3, -0.25) is 0 Å². The molecule has 0 aliphatic heterocycles. The molecule has 0 spiro atoms. The Morgan fingerprint density at radius 1 is 1.14 bits per heavy atom. The van der Waals surface area contributed by atoms with Crippen molar-refractivity contribution in [3.8, 4) is 0 Å². The summed E-state index contributed by atoms with van der Waals surface area (Å²) in [6.07, 6.45) is 3.80. The fraction of sp³-hybridized carbons (Fsp3) is 0.385. The third-order valence-corrected chi connectivity index (χ3v) is 2.39. The Morgan fingerprint density at radius 2 is 1.79 bits per heavy atom. The van der Waals surface area contributed by atoms with E-state index in [0.29, 0.717) is 0 Å². The lowest BCUT2D eigenvalue weighted by Crippen LogP contribution is -2.11. The van der Waals surface area contributed by atoms with E-state index in [1.165, 1.54) is 0 Å². The molecule has 0 heterocycles. The molecule has 1 aromatic carbocycles. The normalized spacial score (nSPS) is 23.4. The standard InChI is InChI=1S/C11H12O.C2H6/c1-8-6-7-9-4-2-3-5-10(9)11(8)12;1-2/h2-8,11-12H,1H3;1-2H3. The number of aliphatic hydroxyl groups is 1. The Kier molecular flexibility index (Phi) is 3.90. The molecule has 1 aliphatic rings. The smallest absolute Gasteiger partial charge is 0.0855 e. The maximum atomic E-state index is 9.78. The quantitative estimate of drug-likeness (QED) is 0.664. The second kappa shape index (κ2) is 4.97. The summed E-state index contributed by atoms with van der Waals surface area (Å²) in [6, 6.07) is 7.97. The van der Waals surface area contributed by atoms with E-state index in [1.54, 1.807) is 0 Å². The van der Waals surface area contributed by atoms with Crippen molar-refractivity contribution >= 4 is 6.08 Å². The van der Waals surface area contributed by atoms with Crippen LogP contribution in [-0.4, -0.2) is 5.11 Å². The van der Waals surface area contributed by atoms with Crippen LogP contribution in [0.4, 0.5) is 0 Å². The third-order valence-electron chi connectivity index (χ3n) is 2.39. The molecule has 0 radical (unpaired) electrons. The van der Waals surface area contributed by atoms with Crippen molar-refractivity contribution in [2.75, 3.05) is 0 Å². The van der Waals surface area contributed by atoms with Gasteiger partial charge in [0.1, 0.15) is 0 Å². The summed E-state index contributed by atoms with van der Waals surface area (Å²) in [5.74, 6) is 0.236. The second-order valence-corrected chi connectivity index (χ2v) is 3.29. The lowest BCUT2D eigenvalue weighted by Gasteiger charge is -2.22. The molecule has 1 heteroatoms. The van der Waals surface area contributed by atoms with Crippen molar-refractivity contribution < 1.29 is 5.11 Å². The van der Waals surface area contributed by atoms with Crippen LogP contribution in [0.25, 0.3) is 6.08 Å². The van der Waals surface area contributed by atoms with Crippen molar-refractivity contribution in [1.29, 1.82) is 0 Å². The average Bonchev–Trinajstić information content (AvgIpc) is 2.27. The molecule has 2 unspecified atom stereocenters. The van der Waals surface area contributed by atoms with Crippen LogP contribution in [-0.2, 0) is 0 Å². The van der Waals surface area contributed by atoms with Gasteiger partial charge in [-0.2, -0.15) is 0 Å². The maximum absolute atomic E-state index is 9.78. The number of rotatable bonds is 0. The second-order valence-electron chi connectivity index (χ2n) is 3.29. The number of benzene rings is 1. The SMILES string of the molecule is CC.CC1C=Cc2ccccc2C1O. The monoisotopic (exact) mass is 190 g/mol. The molecule has 0 aromatic heterocycles. The van der Waals surface area contributed by atoms with Gasteiger partial charge in [-0.15, -0.1) is 0 Å². The topological polar surface area (TPSA) is 20.2 Å². The van der Waals surface area contributed by atoms with Crippen LogP contribution in [0.3, 0.4) is 0 Å². The highest BCUT2D eigenvalue weighted by molar-refractivity contribution is 5.57. The van der Waals surface area contributed by atoms with E-state index in [4.69, 9.17) is 0 Å². The molecular weight excluding hydrogens is 172 g/mol. The van der Waals surface area contributed by atoms with Crippen LogP contribution in [0.5, 0.6) is 0 Å². The molecule has 0 bridgehead atoms. The van der Waals surface area contributed by atoms with E-state index < -0.39 is 0 Å². The number of aliphatic hydroxyl groups excluding tert-OH is 1. The van der Waals surface area contributed by atoms with Crippen molar-refractivity contribution in [1.82, 2.24) is 0 Å². The van der Waals surface area contributed by atoms with Crippen molar-refractivity contribution in [3.63, 3.8) is 0 Å². The largest absolute Gasteiger partial charge is 0.388 e. The minimum Gasteiger partial charge on any atom is -0.388 e. The van der Waals surface area contributed by atoms with Crippen molar-refractivity contribution in [2.45, 2.75) is 26.9 Å². The Labute approximate surface area is 86.1 Å². The number of hydrogen-bond acceptors (Lipinski definition) is 1. The molecule has 0 saturated carbocycles. The molecule has 0 amide bonds. The Hall–Kier alpha value is -1.08. The van der Waals surface area contributed by atoms with Gasteiger partial charge < -0.3 is 5.11 Å². The van der Waals surface area contributed by atoms with Gasteiger partial charge in [0.05, 0.1) is 6.10 Å². The number of fused-ring (bicyclic) bond motifs is 1. The van der Waals surface area contributed by atoms with Crippen LogP contribution in [0.15, 0.2) is 30.3 Å². The lowest BCUT2D eigenvalue weighted by molar-refractivity contribution is 0.138. The average molecular weight is 190 g/mol. The van der Waals surface area contributed by atoms with Gasteiger partial charge in [0.25, 0.3) is 0 Å². The molecule has 14 heavy (non-hydrogen) atoms. The van der Waals surface area contributed by atoms with E-state index in [9.17, 15) is 5.11 Å². The highest BCUT2D eigenvalue weighted by Gasteiger charge is 2.19. The van der Waals surface area contributed by atoms with E-state index >= 15 is 0 Å². The van der Waals surface area contributed by atoms with Crippen LogP contribution in [0, 0.1) is 5.92 Å². The summed E-state index contributed by atoms with van der Waals surface area (Å²) in [5, 5.41) is 9.78. The first-order chi connectivity index (χ1) is 6.79. The Morgan fingerprint density at radius 3 is 2.50 bits per heavy atom. The fourth-order valence-electron chi connectivity index (χ4n) is 1.58. The molecule has 1 nitrogen and oxygen atoms in total. The fourth-order valence-corrected chi connectivity index (χ4v) is 1.58. The minimum absolute atomic E-state index is 0.236. The zero-order chi connectivity index (χ0) is 10.6. The summed E-state index contributed by atoms with van der Waals surface area (Å²) in [4.78, 5) is 0. The van der Waals surface area contributed by atoms with Crippen LogP contribution < -0.4 is 0 Å². The lowest BCUT2D eigenvalue weighted by atomic mass is 9.88. The van der Waals surface area contributed by atoms with Crippen LogP contribution >= 0.6 is 0 Å². The van der Waals surface area contributed by atoms with Gasteiger partial charge >= 0.3 is 0 Å². The molecule has 1 aromatic rings. The summed E-state index contributed by atoms with van der Waals surface area (Å²) >= 11 is 0. The third kappa shape index (κ3) is 2.05. The summed E-state index contributed by atoms with van der Waals surface area (Å²) in [5.41, 5.74) is 2.19. The first-order valence-electron chi connectivity index (χ1n) is 5.24. The summed E-state index contributed by atoms with van der Waals surface area (Å²) < 4.78 is 0. The Bertz CT molecular complexity index is 315. The van der Waals surface area contributed by atoms with Gasteiger partial charge in [-0.05, 0) is 11.1 Å². The first kappa shape index (κ1) is 11.0. The zero-order valence-corrected chi connectivity index (χ0v) is 9.07. The van der Waals surface area contributed by atoms with E-state index in [-0.39, 0.29) is 12.0 Å². The van der Waals surface area contributed by atoms with Gasteiger partial charge in [-0.1, -0.05) is 57.2 Å². The number of hydrogen-bond donors (Lipinski definition) is 1. The molecule has 76 valence electrons. The molecule has 1 aliphatic carbocycles. The molecule has 2 atom stereocenters. The highest BCUT2D eigenvalue weighted by atomic mass is 16.3. The van der Waals surface area contributed by atoms with Crippen molar-refractivity contribution in [3.05, 3.63) is 41.5 Å². The predicted octanol–water partition coefficient (Wildman–Crippen LogP) is 3.41. The highest BCUT2D eigenvalue weighted by Crippen LogP contribution is 2.31. The maximum Gasteiger partial charge on any atom is 0.0855 e. The minimum atomic E-state index is -0.328. The van der Waals surface area contributed by atoms with E-state index in [1.807, 2.05) is 51.1 Å². The molecular formula is C13H18O. The van der Waals surface area contributed by atoms with Crippen molar-refractivity contribution in [2.24, 2.45) is 5.92 Å². The van der Waals surface area contributed by atoms with Gasteiger partial charge in [0.2, 0.25) is 0 Å². The van der Waals surface area contributed by atoms with Gasteiger partial charge in [0.15, 0.2) is 0 Å².